The highest BCUT2D eigenvalue weighted by Gasteiger charge is 2.12. The first-order valence-corrected chi connectivity index (χ1v) is 8.31. The maximum Gasteiger partial charge on any atom is 0.247 e. The van der Waals surface area contributed by atoms with Gasteiger partial charge >= 0.3 is 0 Å². The smallest absolute Gasteiger partial charge is 0.247 e. The predicted molar refractivity (Wildman–Crippen MR) is 92.8 cm³/mol. The maximum atomic E-state index is 5.44. The highest BCUT2D eigenvalue weighted by Crippen LogP contribution is 2.25. The number of hydrogen-bond donors (Lipinski definition) is 1. The van der Waals surface area contributed by atoms with Gasteiger partial charge in [-0.2, -0.15) is 4.98 Å². The van der Waals surface area contributed by atoms with Crippen molar-refractivity contribution in [1.29, 1.82) is 0 Å². The van der Waals surface area contributed by atoms with Gasteiger partial charge in [-0.3, -0.25) is 4.98 Å². The lowest BCUT2D eigenvalue weighted by molar-refractivity contribution is 0.340. The number of anilines is 2. The lowest BCUT2D eigenvalue weighted by atomic mass is 10.3. The summed E-state index contributed by atoms with van der Waals surface area (Å²) in [4.78, 5) is 14.0. The van der Waals surface area contributed by atoms with Crippen LogP contribution < -0.4 is 10.1 Å². The average molecular weight is 338 g/mol. The summed E-state index contributed by atoms with van der Waals surface area (Å²) in [6.45, 7) is 2.61. The summed E-state index contributed by atoms with van der Waals surface area (Å²) < 4.78 is 7.15. The van der Waals surface area contributed by atoms with Gasteiger partial charge < -0.3 is 10.1 Å². The zero-order chi connectivity index (χ0) is 16.4. The van der Waals surface area contributed by atoms with E-state index in [0.29, 0.717) is 18.2 Å². The quantitative estimate of drug-likeness (QED) is 0.601. The van der Waals surface area contributed by atoms with Crippen molar-refractivity contribution in [2.45, 2.75) is 6.92 Å². The van der Waals surface area contributed by atoms with Crippen LogP contribution in [0.25, 0.3) is 16.2 Å². The van der Waals surface area contributed by atoms with Gasteiger partial charge in [0.15, 0.2) is 5.65 Å². The molecule has 24 heavy (non-hydrogen) atoms. The molecule has 0 saturated heterocycles. The molecule has 3 heterocycles. The van der Waals surface area contributed by atoms with E-state index in [9.17, 15) is 0 Å². The molecule has 0 unspecified atom stereocenters. The SMILES string of the molecule is CCOc1ccc(Nc2nc3c(-c4cncs4)nccn3n2)cc1. The second-order valence-corrected chi connectivity index (χ2v) is 5.81. The first-order valence-electron chi connectivity index (χ1n) is 7.43. The molecule has 7 nitrogen and oxygen atoms in total. The molecule has 0 spiro atoms. The molecule has 0 saturated carbocycles. The lowest BCUT2D eigenvalue weighted by Gasteiger charge is -2.04. The van der Waals surface area contributed by atoms with Crippen LogP contribution in [-0.2, 0) is 0 Å². The Morgan fingerprint density at radius 1 is 1.25 bits per heavy atom. The van der Waals surface area contributed by atoms with Crippen LogP contribution in [0.4, 0.5) is 11.6 Å². The zero-order valence-electron chi connectivity index (χ0n) is 12.9. The van der Waals surface area contributed by atoms with Crippen molar-refractivity contribution in [2.24, 2.45) is 0 Å². The molecule has 0 bridgehead atoms. The standard InChI is InChI=1S/C16H14N6OS/c1-2-23-12-5-3-11(4-6-12)19-16-20-15-14(13-9-17-10-24-13)18-7-8-22(15)21-16/h3-10H,2H2,1H3,(H,19,21). The molecule has 4 rings (SSSR count). The van der Waals surface area contributed by atoms with E-state index in [1.807, 2.05) is 31.2 Å². The van der Waals surface area contributed by atoms with Gasteiger partial charge in [0.2, 0.25) is 5.95 Å². The average Bonchev–Trinajstić information content (AvgIpc) is 3.25. The summed E-state index contributed by atoms with van der Waals surface area (Å²) in [5, 5.41) is 7.64. The third-order valence-electron chi connectivity index (χ3n) is 3.34. The molecule has 4 aromatic rings. The Bertz CT molecular complexity index is 949. The van der Waals surface area contributed by atoms with Gasteiger partial charge in [-0.25, -0.2) is 9.50 Å². The van der Waals surface area contributed by atoms with E-state index in [1.165, 1.54) is 11.3 Å². The minimum Gasteiger partial charge on any atom is -0.494 e. The van der Waals surface area contributed by atoms with Crippen molar-refractivity contribution < 1.29 is 4.74 Å². The van der Waals surface area contributed by atoms with E-state index in [4.69, 9.17) is 4.74 Å². The molecular weight excluding hydrogens is 324 g/mol. The first-order chi connectivity index (χ1) is 11.8. The minimum absolute atomic E-state index is 0.512. The largest absolute Gasteiger partial charge is 0.494 e. The number of fused-ring (bicyclic) bond motifs is 1. The van der Waals surface area contributed by atoms with Gasteiger partial charge in [-0.05, 0) is 31.2 Å². The fourth-order valence-electron chi connectivity index (χ4n) is 2.31. The Morgan fingerprint density at radius 3 is 2.88 bits per heavy atom. The molecule has 0 aliphatic carbocycles. The van der Waals surface area contributed by atoms with E-state index < -0.39 is 0 Å². The number of nitrogens with zero attached hydrogens (tertiary/aromatic N) is 5. The number of benzene rings is 1. The van der Waals surface area contributed by atoms with Crippen LogP contribution in [0.15, 0.2) is 48.4 Å². The van der Waals surface area contributed by atoms with Crippen molar-refractivity contribution in [3.63, 3.8) is 0 Å². The van der Waals surface area contributed by atoms with E-state index in [-0.39, 0.29) is 0 Å². The first kappa shape index (κ1) is 14.6. The summed E-state index contributed by atoms with van der Waals surface area (Å²) in [6, 6.07) is 7.68. The Balaban J connectivity index is 1.64. The molecule has 120 valence electrons. The molecule has 0 atom stereocenters. The number of thiazole rings is 1. The third kappa shape index (κ3) is 2.79. The Labute approximate surface area is 142 Å². The van der Waals surface area contributed by atoms with Crippen LogP contribution in [0.1, 0.15) is 6.92 Å². The van der Waals surface area contributed by atoms with Gasteiger partial charge in [-0.15, -0.1) is 16.4 Å². The number of aromatic nitrogens is 5. The van der Waals surface area contributed by atoms with Crippen molar-refractivity contribution in [3.05, 3.63) is 48.4 Å². The second-order valence-electron chi connectivity index (χ2n) is 4.93. The molecule has 8 heteroatoms. The lowest BCUT2D eigenvalue weighted by Crippen LogP contribution is -1.94. The predicted octanol–water partition coefficient (Wildman–Crippen LogP) is 3.39. The summed E-state index contributed by atoms with van der Waals surface area (Å²) >= 11 is 1.52. The highest BCUT2D eigenvalue weighted by atomic mass is 32.1. The van der Waals surface area contributed by atoms with Crippen LogP contribution in [-0.4, -0.2) is 31.2 Å². The molecule has 3 aromatic heterocycles. The zero-order valence-corrected chi connectivity index (χ0v) is 13.7. The molecule has 0 amide bonds. The monoisotopic (exact) mass is 338 g/mol. The van der Waals surface area contributed by atoms with Gasteiger partial charge in [-0.1, -0.05) is 0 Å². The van der Waals surface area contributed by atoms with Crippen LogP contribution >= 0.6 is 11.3 Å². The van der Waals surface area contributed by atoms with Crippen LogP contribution in [0, 0.1) is 0 Å². The molecule has 0 radical (unpaired) electrons. The van der Waals surface area contributed by atoms with Gasteiger partial charge in [0.1, 0.15) is 11.4 Å². The van der Waals surface area contributed by atoms with Crippen molar-refractivity contribution in [1.82, 2.24) is 24.6 Å². The van der Waals surface area contributed by atoms with E-state index in [2.05, 4.69) is 25.4 Å². The number of ether oxygens (including phenoxy) is 1. The van der Waals surface area contributed by atoms with E-state index >= 15 is 0 Å². The van der Waals surface area contributed by atoms with Crippen LogP contribution in [0.5, 0.6) is 5.75 Å². The molecule has 1 N–H and O–H groups in total. The molecule has 0 aliphatic rings. The Hall–Kier alpha value is -3.00. The van der Waals surface area contributed by atoms with E-state index in [0.717, 1.165) is 22.0 Å². The topological polar surface area (TPSA) is 77.2 Å². The fourth-order valence-corrected chi connectivity index (χ4v) is 2.92. The highest BCUT2D eigenvalue weighted by molar-refractivity contribution is 7.13. The molecular formula is C16H14N6OS. The Kier molecular flexibility index (Phi) is 3.80. The number of hydrogen-bond acceptors (Lipinski definition) is 7. The normalized spacial score (nSPS) is 10.9. The van der Waals surface area contributed by atoms with Crippen molar-refractivity contribution in [2.75, 3.05) is 11.9 Å². The summed E-state index contributed by atoms with van der Waals surface area (Å²) in [5.74, 6) is 1.35. The number of rotatable bonds is 5. The molecule has 1 aromatic carbocycles. The van der Waals surface area contributed by atoms with Crippen molar-refractivity contribution >= 4 is 28.6 Å². The summed E-state index contributed by atoms with van der Waals surface area (Å²) in [5.41, 5.74) is 4.12. The fraction of sp³-hybridized carbons (Fsp3) is 0.125. The maximum absolute atomic E-state index is 5.44. The van der Waals surface area contributed by atoms with Gasteiger partial charge in [0, 0.05) is 24.3 Å². The van der Waals surface area contributed by atoms with Crippen LogP contribution in [0.3, 0.4) is 0 Å². The Morgan fingerprint density at radius 2 is 2.12 bits per heavy atom. The summed E-state index contributed by atoms with van der Waals surface area (Å²) in [7, 11) is 0. The van der Waals surface area contributed by atoms with E-state index in [1.54, 1.807) is 28.6 Å². The molecule has 0 fully saturated rings. The number of nitrogens with one attached hydrogen (secondary N) is 1. The minimum atomic E-state index is 0.512. The van der Waals surface area contributed by atoms with Crippen LogP contribution in [0.2, 0.25) is 0 Å². The second kappa shape index (κ2) is 6.25. The van der Waals surface area contributed by atoms with Crippen molar-refractivity contribution in [3.8, 4) is 16.3 Å². The van der Waals surface area contributed by atoms with Gasteiger partial charge in [0.25, 0.3) is 0 Å². The molecule has 0 aliphatic heterocycles. The van der Waals surface area contributed by atoms with Gasteiger partial charge in [0.05, 0.1) is 17.0 Å². The summed E-state index contributed by atoms with van der Waals surface area (Å²) in [6.07, 6.45) is 5.26. The third-order valence-corrected chi connectivity index (χ3v) is 4.12.